The van der Waals surface area contributed by atoms with Crippen molar-refractivity contribution in [2.24, 2.45) is 23.7 Å². The Labute approximate surface area is 464 Å². The zero-order valence-corrected chi connectivity index (χ0v) is 46.6. The molecule has 2 unspecified atom stereocenters. The normalized spacial score (nSPS) is 26.1. The zero-order chi connectivity index (χ0) is 57.8. The second-order valence-corrected chi connectivity index (χ2v) is 23.1. The first-order valence-electron chi connectivity index (χ1n) is 26.7. The summed E-state index contributed by atoms with van der Waals surface area (Å²) in [4.78, 5) is 182. The molecule has 0 saturated carbocycles. The van der Waals surface area contributed by atoms with Crippen LogP contribution in [0.2, 0.25) is 0 Å². The van der Waals surface area contributed by atoms with Gasteiger partial charge < -0.3 is 52.0 Å². The van der Waals surface area contributed by atoms with Gasteiger partial charge in [-0.2, -0.15) is 0 Å². The number of aliphatic carboxylic acids is 1. The average molecular weight is 1140 g/mol. The summed E-state index contributed by atoms with van der Waals surface area (Å²) in [5.41, 5.74) is 1.53. The Morgan fingerprint density at radius 2 is 1.51 bits per heavy atom. The van der Waals surface area contributed by atoms with Crippen LogP contribution in [0.5, 0.6) is 0 Å². The van der Waals surface area contributed by atoms with Crippen LogP contribution in [0, 0.1) is 23.7 Å². The maximum absolute atomic E-state index is 14.8. The van der Waals surface area contributed by atoms with Crippen LogP contribution < -0.4 is 31.9 Å². The maximum Gasteiger partial charge on any atom is 0.304 e. The van der Waals surface area contributed by atoms with Gasteiger partial charge in [0.25, 0.3) is 0 Å². The monoisotopic (exact) mass is 1140 g/mol. The van der Waals surface area contributed by atoms with Crippen molar-refractivity contribution in [2.75, 3.05) is 44.7 Å². The minimum atomic E-state index is -1.58. The molecule has 9 N–H and O–H groups in total. The molecule has 2 aromatic rings. The molecule has 1 aromatic heterocycles. The summed E-state index contributed by atoms with van der Waals surface area (Å²) in [5, 5.41) is 36.6. The van der Waals surface area contributed by atoms with E-state index in [9.17, 15) is 72.5 Å². The van der Waals surface area contributed by atoms with Gasteiger partial charge in [-0.1, -0.05) is 46.6 Å². The van der Waals surface area contributed by atoms with Crippen LogP contribution in [0.3, 0.4) is 0 Å². The van der Waals surface area contributed by atoms with Crippen molar-refractivity contribution in [3.8, 4) is 0 Å². The molecule has 1 aromatic carbocycles. The van der Waals surface area contributed by atoms with Crippen LogP contribution in [-0.4, -0.2) is 182 Å². The number of imide groups is 1. The SMILES string of the molecule is CCC(C)[C@@H]1NC(=O)[C@@H]2C[C@@H](O)CN2C(=O)[C@H](CC(=O)O)CC(=O)[C@@H]2CSc3[nH]c4ccc(CC(=O)CCCSC5CC(=O)N(CC(=O)NC)C5=O)cc4c3C[C@H](CC1=O)C(=O)NCC(=O)N[C@@H]([C@@H](C)CC)C(=O)NCC(=O)N2. The van der Waals surface area contributed by atoms with Gasteiger partial charge >= 0.3 is 5.97 Å². The number of nitrogens with one attached hydrogen (secondary N) is 7. The van der Waals surface area contributed by atoms with Crippen LogP contribution in [0.1, 0.15) is 96.6 Å². The van der Waals surface area contributed by atoms with Gasteiger partial charge in [0.05, 0.1) is 53.9 Å². The third-order valence-electron chi connectivity index (χ3n) is 15.0. The molecule has 430 valence electrons. The Morgan fingerprint density at radius 3 is 2.19 bits per heavy atom. The van der Waals surface area contributed by atoms with Gasteiger partial charge in [-0.15, -0.1) is 23.5 Å². The van der Waals surface area contributed by atoms with Crippen molar-refractivity contribution in [3.05, 3.63) is 29.3 Å². The Kier molecular flexibility index (Phi) is 21.8. The summed E-state index contributed by atoms with van der Waals surface area (Å²) >= 11 is 2.27. The van der Waals surface area contributed by atoms with Crippen molar-refractivity contribution < 1.29 is 72.5 Å². The van der Waals surface area contributed by atoms with Crippen molar-refractivity contribution >= 4 is 111 Å². The number of carbonyl (C=O) groups is 13. The number of likely N-dealkylation sites (tertiary alicyclic amines) is 1. The fourth-order valence-corrected chi connectivity index (χ4v) is 12.4. The van der Waals surface area contributed by atoms with E-state index in [1.807, 2.05) is 0 Å². The van der Waals surface area contributed by atoms with Gasteiger partial charge in [0.2, 0.25) is 53.2 Å². The highest BCUT2D eigenvalue weighted by molar-refractivity contribution is 8.00. The second-order valence-electron chi connectivity index (χ2n) is 20.8. The highest BCUT2D eigenvalue weighted by atomic mass is 32.2. The van der Waals surface area contributed by atoms with E-state index >= 15 is 0 Å². The van der Waals surface area contributed by atoms with Crippen molar-refractivity contribution in [2.45, 2.75) is 139 Å². The number of aliphatic hydroxyl groups is 1. The first-order valence-corrected chi connectivity index (χ1v) is 28.7. The maximum atomic E-state index is 14.8. The number of rotatable bonds is 15. The fourth-order valence-electron chi connectivity index (χ4n) is 10.1. The molecular formula is C53H71N9O15S2. The second kappa shape index (κ2) is 28.0. The number of ketones is 3. The van der Waals surface area contributed by atoms with E-state index in [-0.39, 0.29) is 56.7 Å². The summed E-state index contributed by atoms with van der Waals surface area (Å²) in [6, 6.07) is -0.0851. The number of thioether (sulfide) groups is 2. The average Bonchev–Trinajstić information content (AvgIpc) is 4.12. The Balaban J connectivity index is 1.40. The van der Waals surface area contributed by atoms with E-state index in [1.165, 1.54) is 18.8 Å². The molecule has 10 atom stereocenters. The molecule has 4 aliphatic rings. The highest BCUT2D eigenvalue weighted by Gasteiger charge is 2.45. The minimum Gasteiger partial charge on any atom is -0.481 e. The number of amides is 9. The van der Waals surface area contributed by atoms with E-state index in [0.717, 1.165) is 21.6 Å². The number of hydrogen-bond donors (Lipinski definition) is 9. The van der Waals surface area contributed by atoms with Crippen molar-refractivity contribution in [1.29, 1.82) is 0 Å². The number of aromatic amines is 1. The number of carbonyl (C=O) groups excluding carboxylic acids is 12. The molecule has 0 spiro atoms. The van der Waals surface area contributed by atoms with Crippen LogP contribution in [-0.2, 0) is 75.2 Å². The molecule has 0 aliphatic carbocycles. The standard InChI is InChI=1S/C53H71N9O15S2/c1-6-26(3)46-39(66)16-29-15-34-33-14-28(13-31(63)9-8-12-78-40-20-44(70)62(53(40)77)24-43(69)54-5)10-11-35(33)58-51(34)79-25-36(57-41(67)21-56-50(75)47(27(4)7-2)59-42(68)22-55-48(29)73)38(65)17-30(18-45(71)72)52(76)61-23-32(64)19-37(61)49(74)60-46/h10-11,14,26-27,29-30,32,36-37,40,46-47,58,64H,6-9,12-13,15-25H2,1-5H3,(H,54,69)(H,55,73)(H,56,75)(H,57,67)(H,59,68)(H,60,74)(H,71,72)/t26?,27-,29+,30-,32+,36-,37-,40?,46-,47-/m0/s1. The quantitative estimate of drug-likeness (QED) is 0.0816. The molecule has 26 heteroatoms. The third-order valence-corrected chi connectivity index (χ3v) is 17.5. The number of likely N-dealkylation sites (N-methyl/N-ethyl adjacent to an activating group) is 1. The van der Waals surface area contributed by atoms with E-state index in [2.05, 4.69) is 36.9 Å². The summed E-state index contributed by atoms with van der Waals surface area (Å²) in [6.45, 7) is 4.92. The number of aliphatic hydroxyl groups excluding tert-OH is 1. The molecular weight excluding hydrogens is 1070 g/mol. The number of carboxylic acids is 1. The lowest BCUT2D eigenvalue weighted by molar-refractivity contribution is -0.148. The summed E-state index contributed by atoms with van der Waals surface area (Å²) < 4.78 is 0. The molecule has 5 heterocycles. The first kappa shape index (κ1) is 61.5. The van der Waals surface area contributed by atoms with Crippen LogP contribution >= 0.6 is 23.5 Å². The van der Waals surface area contributed by atoms with Gasteiger partial charge in [-0.3, -0.25) is 67.2 Å². The van der Waals surface area contributed by atoms with Gasteiger partial charge in [-0.05, 0) is 53.7 Å². The topological polar surface area (TPSA) is 357 Å². The van der Waals surface area contributed by atoms with Crippen LogP contribution in [0.15, 0.2) is 23.2 Å². The Bertz CT molecular complexity index is 2730. The zero-order valence-electron chi connectivity index (χ0n) is 44.9. The van der Waals surface area contributed by atoms with Gasteiger partial charge in [0.15, 0.2) is 11.6 Å². The molecule has 2 fully saturated rings. The molecule has 9 amide bonds. The summed E-state index contributed by atoms with van der Waals surface area (Å²) in [7, 11) is 1.40. The third kappa shape index (κ3) is 16.0. The predicted molar refractivity (Wildman–Crippen MR) is 288 cm³/mol. The van der Waals surface area contributed by atoms with Crippen LogP contribution in [0.25, 0.3) is 10.9 Å². The summed E-state index contributed by atoms with van der Waals surface area (Å²) in [6.07, 6.45) is -2.64. The lowest BCUT2D eigenvalue weighted by Gasteiger charge is -2.31. The molecule has 4 aliphatic heterocycles. The number of nitrogens with zero attached hydrogens (tertiary/aromatic N) is 2. The fraction of sp³-hybridized carbons (Fsp3) is 0.604. The molecule has 2 saturated heterocycles. The van der Waals surface area contributed by atoms with Crippen molar-refractivity contribution in [1.82, 2.24) is 46.7 Å². The van der Waals surface area contributed by atoms with E-state index in [4.69, 9.17) is 0 Å². The number of hydrogen-bond acceptors (Lipinski definition) is 16. The molecule has 24 nitrogen and oxygen atoms in total. The predicted octanol–water partition coefficient (Wildman–Crippen LogP) is -0.305. The number of fused-ring (bicyclic) bond motifs is 5. The number of Topliss-reactive ketones (excluding diaryl/α,β-unsaturated/α-hetero) is 3. The molecule has 0 radical (unpaired) electrons. The van der Waals surface area contributed by atoms with E-state index in [0.29, 0.717) is 52.1 Å². The number of carboxylic acid groups (broad SMARTS) is 1. The van der Waals surface area contributed by atoms with Gasteiger partial charge in [0, 0.05) is 74.7 Å². The minimum absolute atomic E-state index is 0.0370. The molecule has 6 rings (SSSR count). The smallest absolute Gasteiger partial charge is 0.304 e. The van der Waals surface area contributed by atoms with E-state index in [1.54, 1.807) is 45.9 Å². The lowest BCUT2D eigenvalue weighted by Crippen LogP contribution is -2.55. The number of benzene rings is 1. The Morgan fingerprint density at radius 1 is 0.823 bits per heavy atom. The van der Waals surface area contributed by atoms with E-state index < -0.39 is 162 Å². The number of aromatic nitrogens is 1. The molecule has 2 bridgehead atoms. The first-order chi connectivity index (χ1) is 37.5. The lowest BCUT2D eigenvalue weighted by atomic mass is 9.86. The van der Waals surface area contributed by atoms with Crippen LogP contribution in [0.4, 0.5) is 0 Å². The van der Waals surface area contributed by atoms with Crippen molar-refractivity contribution in [3.63, 3.8) is 0 Å². The molecule has 79 heavy (non-hydrogen) atoms. The van der Waals surface area contributed by atoms with Gasteiger partial charge in [0.1, 0.15) is 24.4 Å². The largest absolute Gasteiger partial charge is 0.481 e. The highest BCUT2D eigenvalue weighted by Crippen LogP contribution is 2.35. The van der Waals surface area contributed by atoms with Gasteiger partial charge in [-0.25, -0.2) is 0 Å². The number of H-pyrrole nitrogens is 1. The summed E-state index contributed by atoms with van der Waals surface area (Å²) in [5.74, 6) is -12.9. The Hall–Kier alpha value is -6.67.